The topological polar surface area (TPSA) is 67.6 Å². The lowest BCUT2D eigenvalue weighted by atomic mass is 9.98. The van der Waals surface area contributed by atoms with Crippen LogP contribution in [0, 0.1) is 0 Å². The number of rotatable bonds is 3. The fourth-order valence-corrected chi connectivity index (χ4v) is 2.89. The van der Waals surface area contributed by atoms with Gasteiger partial charge in [-0.2, -0.15) is 5.10 Å². The van der Waals surface area contributed by atoms with Gasteiger partial charge in [-0.1, -0.05) is 24.3 Å². The first-order chi connectivity index (χ1) is 9.95. The molecule has 6 heteroatoms. The van der Waals surface area contributed by atoms with Gasteiger partial charge >= 0.3 is 0 Å². The highest BCUT2D eigenvalue weighted by Gasteiger charge is 2.18. The standard InChI is InChI=1S/C15H15FN4S/c1-15(2,16)10-5-3-9(4-6-10)12-8-21-14(19-12)11-7-18-20-13(11)17/h3-8H,1-2H3,(H3,17,18,20). The molecule has 0 saturated carbocycles. The number of nitrogens with zero attached hydrogens (tertiary/aromatic N) is 2. The molecule has 0 aliphatic rings. The van der Waals surface area contributed by atoms with Crippen molar-refractivity contribution < 1.29 is 4.39 Å². The van der Waals surface area contributed by atoms with Gasteiger partial charge in [-0.15, -0.1) is 11.3 Å². The van der Waals surface area contributed by atoms with E-state index in [1.807, 2.05) is 17.5 Å². The quantitative estimate of drug-likeness (QED) is 0.768. The number of hydrogen-bond acceptors (Lipinski definition) is 4. The zero-order valence-corrected chi connectivity index (χ0v) is 12.5. The summed E-state index contributed by atoms with van der Waals surface area (Å²) in [5.74, 6) is 0.505. The molecule has 0 radical (unpaired) electrons. The summed E-state index contributed by atoms with van der Waals surface area (Å²) in [6.07, 6.45) is 1.66. The van der Waals surface area contributed by atoms with Crippen LogP contribution in [0.1, 0.15) is 19.4 Å². The van der Waals surface area contributed by atoms with Crippen molar-refractivity contribution in [1.82, 2.24) is 15.2 Å². The van der Waals surface area contributed by atoms with Gasteiger partial charge in [-0.05, 0) is 19.4 Å². The van der Waals surface area contributed by atoms with E-state index in [1.54, 1.807) is 32.2 Å². The summed E-state index contributed by atoms with van der Waals surface area (Å²) in [7, 11) is 0. The number of nitrogen functional groups attached to an aromatic ring is 1. The summed E-state index contributed by atoms with van der Waals surface area (Å²) >= 11 is 1.50. The van der Waals surface area contributed by atoms with E-state index in [-0.39, 0.29) is 0 Å². The van der Waals surface area contributed by atoms with Crippen LogP contribution in [-0.4, -0.2) is 15.2 Å². The number of aromatic amines is 1. The third kappa shape index (κ3) is 2.67. The minimum atomic E-state index is -1.34. The molecule has 4 nitrogen and oxygen atoms in total. The normalized spacial score (nSPS) is 11.8. The molecule has 3 N–H and O–H groups in total. The second kappa shape index (κ2) is 4.96. The maximum Gasteiger partial charge on any atom is 0.130 e. The summed E-state index contributed by atoms with van der Waals surface area (Å²) in [6.45, 7) is 3.09. The molecule has 3 rings (SSSR count). The Morgan fingerprint density at radius 1 is 1.24 bits per heavy atom. The van der Waals surface area contributed by atoms with Crippen LogP contribution in [0.25, 0.3) is 21.8 Å². The average molecular weight is 302 g/mol. The number of nitrogens with one attached hydrogen (secondary N) is 1. The maximum atomic E-state index is 13.9. The fraction of sp³-hybridized carbons (Fsp3) is 0.200. The zero-order chi connectivity index (χ0) is 15.0. The lowest BCUT2D eigenvalue weighted by Crippen LogP contribution is -2.08. The molecule has 2 aromatic heterocycles. The number of alkyl halides is 1. The number of anilines is 1. The highest BCUT2D eigenvalue weighted by molar-refractivity contribution is 7.13. The van der Waals surface area contributed by atoms with Gasteiger partial charge in [0.05, 0.1) is 17.5 Å². The van der Waals surface area contributed by atoms with Crippen LogP contribution in [0.4, 0.5) is 10.2 Å². The van der Waals surface area contributed by atoms with E-state index in [1.165, 1.54) is 11.3 Å². The van der Waals surface area contributed by atoms with Gasteiger partial charge in [0.25, 0.3) is 0 Å². The second-order valence-electron chi connectivity index (χ2n) is 5.29. The van der Waals surface area contributed by atoms with Gasteiger partial charge in [0.2, 0.25) is 0 Å². The lowest BCUT2D eigenvalue weighted by Gasteiger charge is -2.14. The van der Waals surface area contributed by atoms with Gasteiger partial charge < -0.3 is 5.73 Å². The molecule has 0 spiro atoms. The van der Waals surface area contributed by atoms with Crippen LogP contribution in [-0.2, 0) is 5.67 Å². The summed E-state index contributed by atoms with van der Waals surface area (Å²) in [6, 6.07) is 7.35. The molecular weight excluding hydrogens is 287 g/mol. The summed E-state index contributed by atoms with van der Waals surface area (Å²) in [5, 5.41) is 9.35. The Hall–Kier alpha value is -2.21. The molecule has 0 saturated heterocycles. The van der Waals surface area contributed by atoms with Crippen molar-refractivity contribution in [3.8, 4) is 21.8 Å². The fourth-order valence-electron chi connectivity index (χ4n) is 2.03. The molecule has 0 unspecified atom stereocenters. The van der Waals surface area contributed by atoms with Crippen molar-refractivity contribution in [1.29, 1.82) is 0 Å². The van der Waals surface area contributed by atoms with Crippen LogP contribution in [0.15, 0.2) is 35.8 Å². The molecule has 108 valence electrons. The van der Waals surface area contributed by atoms with Gasteiger partial charge in [0.15, 0.2) is 0 Å². The lowest BCUT2D eigenvalue weighted by molar-refractivity contribution is 0.221. The van der Waals surface area contributed by atoms with Crippen LogP contribution in [0.5, 0.6) is 0 Å². The predicted octanol–water partition coefficient (Wildman–Crippen LogP) is 3.99. The van der Waals surface area contributed by atoms with Crippen molar-refractivity contribution in [2.45, 2.75) is 19.5 Å². The Balaban J connectivity index is 1.92. The Morgan fingerprint density at radius 3 is 2.52 bits per heavy atom. The number of H-pyrrole nitrogens is 1. The van der Waals surface area contributed by atoms with E-state index in [2.05, 4.69) is 15.2 Å². The van der Waals surface area contributed by atoms with E-state index in [4.69, 9.17) is 5.73 Å². The van der Waals surface area contributed by atoms with E-state index < -0.39 is 5.67 Å². The molecule has 0 atom stereocenters. The van der Waals surface area contributed by atoms with Crippen LogP contribution >= 0.6 is 11.3 Å². The van der Waals surface area contributed by atoms with E-state index in [0.29, 0.717) is 11.4 Å². The number of halogens is 1. The van der Waals surface area contributed by atoms with Crippen molar-refractivity contribution >= 4 is 17.2 Å². The summed E-state index contributed by atoms with van der Waals surface area (Å²) in [5.41, 5.74) is 7.71. The Bertz CT molecular complexity index is 753. The third-order valence-corrected chi connectivity index (χ3v) is 4.15. The highest BCUT2D eigenvalue weighted by atomic mass is 32.1. The second-order valence-corrected chi connectivity index (χ2v) is 6.14. The predicted molar refractivity (Wildman–Crippen MR) is 83.7 cm³/mol. The molecule has 3 aromatic rings. The minimum absolute atomic E-state index is 0.505. The third-order valence-electron chi connectivity index (χ3n) is 3.27. The molecule has 0 aliphatic carbocycles. The smallest absolute Gasteiger partial charge is 0.130 e. The first kappa shape index (κ1) is 13.8. The largest absolute Gasteiger partial charge is 0.383 e. The summed E-state index contributed by atoms with van der Waals surface area (Å²) < 4.78 is 13.9. The number of thiazole rings is 1. The van der Waals surface area contributed by atoms with Crippen LogP contribution in [0.3, 0.4) is 0 Å². The van der Waals surface area contributed by atoms with Crippen LogP contribution in [0.2, 0.25) is 0 Å². The van der Waals surface area contributed by atoms with Gasteiger partial charge in [0.1, 0.15) is 16.5 Å². The number of nitrogens with two attached hydrogens (primary N) is 1. The van der Waals surface area contributed by atoms with Gasteiger partial charge in [0, 0.05) is 10.9 Å². The monoisotopic (exact) mass is 302 g/mol. The van der Waals surface area contributed by atoms with E-state index in [9.17, 15) is 4.39 Å². The molecule has 0 fully saturated rings. The van der Waals surface area contributed by atoms with Crippen molar-refractivity contribution in [2.75, 3.05) is 5.73 Å². The molecule has 21 heavy (non-hydrogen) atoms. The van der Waals surface area contributed by atoms with Crippen LogP contribution < -0.4 is 5.73 Å². The molecule has 2 heterocycles. The van der Waals surface area contributed by atoms with E-state index in [0.717, 1.165) is 21.8 Å². The maximum absolute atomic E-state index is 13.9. The van der Waals surface area contributed by atoms with Crippen molar-refractivity contribution in [2.24, 2.45) is 0 Å². The van der Waals surface area contributed by atoms with Crippen molar-refractivity contribution in [3.63, 3.8) is 0 Å². The Labute approximate surface area is 125 Å². The van der Waals surface area contributed by atoms with Gasteiger partial charge in [-0.25, -0.2) is 9.37 Å². The SMILES string of the molecule is CC(C)(F)c1ccc(-c2csc(-c3cn[nH]c3N)n2)cc1. The number of benzene rings is 1. The Morgan fingerprint density at radius 2 is 1.95 bits per heavy atom. The molecular formula is C15H15FN4S. The number of aromatic nitrogens is 3. The molecule has 0 bridgehead atoms. The Kier molecular flexibility index (Phi) is 3.25. The molecule has 1 aromatic carbocycles. The first-order valence-electron chi connectivity index (χ1n) is 6.50. The first-order valence-corrected chi connectivity index (χ1v) is 7.37. The minimum Gasteiger partial charge on any atom is -0.383 e. The molecule has 0 aliphatic heterocycles. The summed E-state index contributed by atoms with van der Waals surface area (Å²) in [4.78, 5) is 4.56. The average Bonchev–Trinajstić information content (AvgIpc) is 3.06. The number of hydrogen-bond donors (Lipinski definition) is 2. The van der Waals surface area contributed by atoms with E-state index >= 15 is 0 Å². The van der Waals surface area contributed by atoms with Crippen molar-refractivity contribution in [3.05, 3.63) is 41.4 Å². The zero-order valence-electron chi connectivity index (χ0n) is 11.7. The van der Waals surface area contributed by atoms with Gasteiger partial charge in [-0.3, -0.25) is 5.10 Å². The highest BCUT2D eigenvalue weighted by Crippen LogP contribution is 2.32. The molecule has 0 amide bonds.